The summed E-state index contributed by atoms with van der Waals surface area (Å²) in [7, 11) is 2.35. The van der Waals surface area contributed by atoms with Gasteiger partial charge >= 0.3 is 11.9 Å². The Balaban J connectivity index is 2.05. The predicted molar refractivity (Wildman–Crippen MR) is 120 cm³/mol. The number of carbonyl (C=O) groups is 2. The van der Waals surface area contributed by atoms with Gasteiger partial charge in [-0.3, -0.25) is 9.59 Å². The molecule has 7 heteroatoms. The van der Waals surface area contributed by atoms with E-state index in [4.69, 9.17) is 14.2 Å². The Morgan fingerprint density at radius 2 is 1.24 bits per heavy atom. The third kappa shape index (κ3) is 3.94. The molecule has 5 nitrogen and oxygen atoms in total. The van der Waals surface area contributed by atoms with E-state index < -0.39 is 34.6 Å². The Labute approximate surface area is 195 Å². The lowest BCUT2D eigenvalue weighted by molar-refractivity contribution is -0.170. The fourth-order valence-corrected chi connectivity index (χ4v) is 4.30. The number of halogens is 2. The van der Waals surface area contributed by atoms with Gasteiger partial charge in [0, 0.05) is 23.1 Å². The molecule has 3 aromatic rings. The van der Waals surface area contributed by atoms with Crippen LogP contribution < -0.4 is 0 Å². The largest absolute Gasteiger partial charge is 0.477 e. The van der Waals surface area contributed by atoms with Gasteiger partial charge in [0.15, 0.2) is 11.0 Å². The molecule has 0 unspecified atom stereocenters. The van der Waals surface area contributed by atoms with E-state index in [1.54, 1.807) is 24.3 Å². The molecule has 0 fully saturated rings. The molecule has 0 saturated carbocycles. The average molecular weight is 464 g/mol. The molecule has 174 valence electrons. The number of hydrogen-bond donors (Lipinski definition) is 0. The van der Waals surface area contributed by atoms with E-state index in [0.29, 0.717) is 16.7 Å². The maximum atomic E-state index is 13.8. The van der Waals surface area contributed by atoms with Crippen LogP contribution in [-0.4, -0.2) is 26.2 Å². The molecule has 0 amide bonds. The van der Waals surface area contributed by atoms with Crippen LogP contribution in [0.4, 0.5) is 8.78 Å². The van der Waals surface area contributed by atoms with E-state index in [1.807, 2.05) is 6.07 Å². The molecule has 0 spiro atoms. The van der Waals surface area contributed by atoms with Crippen molar-refractivity contribution in [1.82, 2.24) is 0 Å². The van der Waals surface area contributed by atoms with Crippen LogP contribution in [-0.2, 0) is 29.4 Å². The third-order valence-electron chi connectivity index (χ3n) is 5.97. The summed E-state index contributed by atoms with van der Waals surface area (Å²) in [5.74, 6) is -2.41. The van der Waals surface area contributed by atoms with E-state index >= 15 is 0 Å². The third-order valence-corrected chi connectivity index (χ3v) is 5.97. The van der Waals surface area contributed by atoms with Crippen molar-refractivity contribution in [2.75, 3.05) is 14.2 Å². The number of ether oxygens (including phenoxy) is 3. The molecule has 0 N–H and O–H groups in total. The summed E-state index contributed by atoms with van der Waals surface area (Å²) in [6, 6.07) is 19.9. The second-order valence-corrected chi connectivity index (χ2v) is 7.95. The molecule has 0 aliphatic carbocycles. The van der Waals surface area contributed by atoms with Gasteiger partial charge in [-0.05, 0) is 30.3 Å². The number of hydrogen-bond acceptors (Lipinski definition) is 5. The number of benzene rings is 3. The highest BCUT2D eigenvalue weighted by Gasteiger charge is 2.58. The van der Waals surface area contributed by atoms with Gasteiger partial charge in [-0.1, -0.05) is 54.6 Å². The summed E-state index contributed by atoms with van der Waals surface area (Å²) in [5.41, 5.74) is -1.87. The molecule has 34 heavy (non-hydrogen) atoms. The quantitative estimate of drug-likeness (QED) is 0.393. The lowest BCUT2D eigenvalue weighted by Gasteiger charge is -2.44. The van der Waals surface area contributed by atoms with Crippen molar-refractivity contribution < 1.29 is 32.6 Å². The minimum Gasteiger partial charge on any atom is -0.477 e. The van der Waals surface area contributed by atoms with Crippen molar-refractivity contribution in [3.8, 4) is 0 Å². The minimum atomic E-state index is -1.89. The number of rotatable bonds is 5. The topological polar surface area (TPSA) is 61.8 Å². The van der Waals surface area contributed by atoms with Crippen molar-refractivity contribution in [3.63, 3.8) is 0 Å². The molecule has 0 saturated heterocycles. The first-order chi connectivity index (χ1) is 16.3. The molecular weight excluding hydrogens is 442 g/mol. The van der Waals surface area contributed by atoms with Crippen LogP contribution in [0.15, 0.2) is 84.9 Å². The molecule has 0 bridgehead atoms. The summed E-state index contributed by atoms with van der Waals surface area (Å²) < 4.78 is 44.3. The average Bonchev–Trinajstić information content (AvgIpc) is 2.88. The monoisotopic (exact) mass is 464 g/mol. The minimum absolute atomic E-state index is 0.219. The van der Waals surface area contributed by atoms with Gasteiger partial charge in [0.2, 0.25) is 0 Å². The highest BCUT2D eigenvalue weighted by atomic mass is 19.1. The standard InChI is InChI=1S/C27H22F2O5/c1-32-24(30)26(25(31)33-2)16-23(18-6-4-3-5-7-18)34-27(17-26,19-8-12-21(28)13-9-19)20-10-14-22(29)15-11-20/h3-16H,17H2,1-2H3. The highest BCUT2D eigenvalue weighted by Crippen LogP contribution is 2.52. The van der Waals surface area contributed by atoms with Crippen LogP contribution in [0.2, 0.25) is 0 Å². The summed E-state index contributed by atoms with van der Waals surface area (Å²) >= 11 is 0. The molecule has 1 heterocycles. The van der Waals surface area contributed by atoms with E-state index in [-0.39, 0.29) is 12.2 Å². The van der Waals surface area contributed by atoms with Gasteiger partial charge in [0.1, 0.15) is 17.4 Å². The first-order valence-electron chi connectivity index (χ1n) is 10.5. The second-order valence-electron chi connectivity index (χ2n) is 7.95. The Kier molecular flexibility index (Phi) is 6.20. The van der Waals surface area contributed by atoms with Crippen LogP contribution in [0.5, 0.6) is 0 Å². The lowest BCUT2D eigenvalue weighted by Crippen LogP contribution is -2.49. The summed E-state index contributed by atoms with van der Waals surface area (Å²) in [4.78, 5) is 26.4. The van der Waals surface area contributed by atoms with Crippen molar-refractivity contribution >= 4 is 17.7 Å². The van der Waals surface area contributed by atoms with Gasteiger partial charge in [-0.2, -0.15) is 0 Å². The maximum Gasteiger partial charge on any atom is 0.327 e. The van der Waals surface area contributed by atoms with Crippen LogP contribution in [0.1, 0.15) is 23.1 Å². The Hall–Kier alpha value is -4.00. The van der Waals surface area contributed by atoms with Crippen LogP contribution >= 0.6 is 0 Å². The fraction of sp³-hybridized carbons (Fsp3) is 0.185. The van der Waals surface area contributed by atoms with Gasteiger partial charge in [0.25, 0.3) is 0 Å². The number of esters is 2. The SMILES string of the molecule is COC(=O)C1(C(=O)OC)C=C(c2ccccc2)OC(c2ccc(F)cc2)(c2ccc(F)cc2)C1. The summed E-state index contributed by atoms with van der Waals surface area (Å²) in [5, 5.41) is 0. The van der Waals surface area contributed by atoms with Crippen LogP contribution in [0.25, 0.3) is 5.76 Å². The maximum absolute atomic E-state index is 13.8. The molecule has 0 radical (unpaired) electrons. The molecule has 4 rings (SSSR count). The van der Waals surface area contributed by atoms with Gasteiger partial charge < -0.3 is 14.2 Å². The Bertz CT molecular complexity index is 1160. The first-order valence-corrected chi connectivity index (χ1v) is 10.5. The zero-order chi connectivity index (χ0) is 24.3. The van der Waals surface area contributed by atoms with Crippen molar-refractivity contribution in [3.05, 3.63) is 113 Å². The lowest BCUT2D eigenvalue weighted by atomic mass is 9.69. The smallest absolute Gasteiger partial charge is 0.327 e. The van der Waals surface area contributed by atoms with Gasteiger partial charge in [-0.15, -0.1) is 0 Å². The molecular formula is C27H22F2O5. The molecule has 0 aromatic heterocycles. The van der Waals surface area contributed by atoms with Gasteiger partial charge in [-0.25, -0.2) is 8.78 Å². The Morgan fingerprint density at radius 1 is 0.765 bits per heavy atom. The predicted octanol–water partition coefficient (Wildman–Crippen LogP) is 5.00. The highest BCUT2D eigenvalue weighted by molar-refractivity contribution is 6.04. The molecule has 1 aliphatic rings. The van der Waals surface area contributed by atoms with E-state index in [0.717, 1.165) is 0 Å². The first kappa shape index (κ1) is 23.2. The number of carbonyl (C=O) groups excluding carboxylic acids is 2. The normalized spacial score (nSPS) is 16.1. The summed E-state index contributed by atoms with van der Waals surface area (Å²) in [6.45, 7) is 0. The fourth-order valence-electron chi connectivity index (χ4n) is 4.30. The van der Waals surface area contributed by atoms with E-state index in [9.17, 15) is 18.4 Å². The zero-order valence-corrected chi connectivity index (χ0v) is 18.6. The second kappa shape index (κ2) is 9.09. The van der Waals surface area contributed by atoms with Gasteiger partial charge in [0.05, 0.1) is 14.2 Å². The summed E-state index contributed by atoms with van der Waals surface area (Å²) in [6.07, 6.45) is 1.14. The number of methoxy groups -OCH3 is 2. The van der Waals surface area contributed by atoms with Crippen LogP contribution in [0, 0.1) is 17.0 Å². The van der Waals surface area contributed by atoms with Crippen molar-refractivity contribution in [2.45, 2.75) is 12.0 Å². The van der Waals surface area contributed by atoms with E-state index in [2.05, 4.69) is 0 Å². The molecule has 1 aliphatic heterocycles. The Morgan fingerprint density at radius 3 is 1.68 bits per heavy atom. The molecule has 0 atom stereocenters. The van der Waals surface area contributed by atoms with Crippen LogP contribution in [0.3, 0.4) is 0 Å². The zero-order valence-electron chi connectivity index (χ0n) is 18.6. The van der Waals surface area contributed by atoms with Crippen molar-refractivity contribution in [1.29, 1.82) is 0 Å². The molecule has 3 aromatic carbocycles. The van der Waals surface area contributed by atoms with E-state index in [1.165, 1.54) is 68.8 Å². The van der Waals surface area contributed by atoms with Crippen molar-refractivity contribution in [2.24, 2.45) is 5.41 Å².